The Bertz CT molecular complexity index is 854. The molecule has 0 bridgehead atoms. The quantitative estimate of drug-likeness (QED) is 0.382. The Balaban J connectivity index is 1.86. The maximum atomic E-state index is 5.66. The number of fused-ring (bicyclic) bond motifs is 1. The van der Waals surface area contributed by atoms with E-state index in [1.165, 1.54) is 25.4 Å². The van der Waals surface area contributed by atoms with Crippen molar-refractivity contribution in [2.45, 2.75) is 9.79 Å². The average molecular weight is 527 g/mol. The Morgan fingerprint density at radius 2 is 1.60 bits per heavy atom. The van der Waals surface area contributed by atoms with E-state index in [4.69, 9.17) is 12.2 Å². The van der Waals surface area contributed by atoms with E-state index < -0.39 is 0 Å². The summed E-state index contributed by atoms with van der Waals surface area (Å²) < 4.78 is 7.37. The van der Waals surface area contributed by atoms with Crippen LogP contribution in [-0.2, 0) is 0 Å². The van der Waals surface area contributed by atoms with Gasteiger partial charge in [0.15, 0.2) is 0 Å². The number of thioether (sulfide) groups is 2. The second-order valence-electron chi connectivity index (χ2n) is 3.84. The van der Waals surface area contributed by atoms with Crippen molar-refractivity contribution in [3.05, 3.63) is 45.5 Å². The van der Waals surface area contributed by atoms with E-state index in [9.17, 15) is 0 Å². The van der Waals surface area contributed by atoms with Gasteiger partial charge in [-0.05, 0) is 0 Å². The molecule has 1 aromatic heterocycles. The van der Waals surface area contributed by atoms with Crippen LogP contribution in [0, 0.1) is 3.38 Å². The molecule has 7 heteroatoms. The van der Waals surface area contributed by atoms with Crippen molar-refractivity contribution in [2.75, 3.05) is 0 Å². The number of hydrogen-bond donors (Lipinski definition) is 0. The molecular weight excluding hydrogens is 521 g/mol. The standard InChI is InChI=1S/C13H6S4Se3/c14-10-9(13-18-5-6-19-13)17-12(20-10)11-15-7-3-1-2-4-8(7)16-11/h1-6H. The van der Waals surface area contributed by atoms with Crippen molar-refractivity contribution >= 4 is 99.1 Å². The van der Waals surface area contributed by atoms with Gasteiger partial charge in [-0.15, -0.1) is 0 Å². The van der Waals surface area contributed by atoms with Gasteiger partial charge in [-0.1, -0.05) is 0 Å². The topological polar surface area (TPSA) is 0 Å². The van der Waals surface area contributed by atoms with Crippen LogP contribution in [-0.4, -0.2) is 44.4 Å². The van der Waals surface area contributed by atoms with Gasteiger partial charge in [-0.25, -0.2) is 0 Å². The molecule has 4 rings (SSSR count). The Hall–Kier alpha value is 1.01. The second kappa shape index (κ2) is 6.25. The summed E-state index contributed by atoms with van der Waals surface area (Å²) in [5.41, 5.74) is 0. The molecule has 0 saturated carbocycles. The van der Waals surface area contributed by atoms with Crippen LogP contribution in [0.15, 0.2) is 44.0 Å². The molecule has 0 fully saturated rings. The van der Waals surface area contributed by atoms with Crippen molar-refractivity contribution in [3.8, 4) is 0 Å². The molecule has 0 saturated heterocycles. The summed E-state index contributed by atoms with van der Waals surface area (Å²) in [5, 5.41) is 0. The molecule has 2 aromatic rings. The van der Waals surface area contributed by atoms with Crippen LogP contribution >= 0.6 is 47.1 Å². The zero-order chi connectivity index (χ0) is 13.5. The van der Waals surface area contributed by atoms with Gasteiger partial charge >= 0.3 is 154 Å². The van der Waals surface area contributed by atoms with Crippen LogP contribution in [0.5, 0.6) is 0 Å². The number of hydrogen-bond acceptors (Lipinski definition) is 4. The van der Waals surface area contributed by atoms with Gasteiger partial charge in [-0.2, -0.15) is 0 Å². The van der Waals surface area contributed by atoms with E-state index in [-0.39, 0.29) is 0 Å². The average Bonchev–Trinajstić information content (AvgIpc) is 3.16. The fourth-order valence-corrected chi connectivity index (χ4v) is 16.1. The third kappa shape index (κ3) is 2.79. The van der Waals surface area contributed by atoms with E-state index in [2.05, 4.69) is 34.2 Å². The number of rotatable bonds is 0. The summed E-state index contributed by atoms with van der Waals surface area (Å²) in [6, 6.07) is 8.69. The van der Waals surface area contributed by atoms with Crippen molar-refractivity contribution in [1.82, 2.24) is 0 Å². The van der Waals surface area contributed by atoms with Gasteiger partial charge in [0.2, 0.25) is 0 Å². The first-order valence-electron chi connectivity index (χ1n) is 5.63. The second-order valence-corrected chi connectivity index (χ2v) is 16.1. The van der Waals surface area contributed by atoms with Crippen LogP contribution in [0.25, 0.3) is 7.61 Å². The van der Waals surface area contributed by atoms with Gasteiger partial charge in [0, 0.05) is 0 Å². The first-order valence-corrected chi connectivity index (χ1v) is 13.9. The molecule has 0 radical (unpaired) electrons. The molecule has 0 N–H and O–H groups in total. The van der Waals surface area contributed by atoms with Crippen LogP contribution in [0.1, 0.15) is 0 Å². The summed E-state index contributed by atoms with van der Waals surface area (Å²) in [4.78, 5) is 7.51. The van der Waals surface area contributed by atoms with E-state index >= 15 is 0 Å². The zero-order valence-electron chi connectivity index (χ0n) is 9.82. The van der Waals surface area contributed by atoms with E-state index in [1.807, 2.05) is 34.9 Å². The summed E-state index contributed by atoms with van der Waals surface area (Å²) in [6.45, 7) is 0. The minimum atomic E-state index is 0.370. The van der Waals surface area contributed by atoms with Crippen molar-refractivity contribution in [1.29, 1.82) is 0 Å². The third-order valence-corrected chi connectivity index (χ3v) is 17.1. The molecule has 20 heavy (non-hydrogen) atoms. The molecule has 2 aliphatic rings. The normalized spacial score (nSPS) is 17.0. The van der Waals surface area contributed by atoms with Crippen LogP contribution in [0.2, 0.25) is 0 Å². The molecule has 2 aliphatic heterocycles. The molecule has 0 unspecified atom stereocenters. The van der Waals surface area contributed by atoms with E-state index in [1.54, 1.807) is 3.37 Å². The SMILES string of the molecule is S=c1[se]c(=C2Sc3ccccc3S2)sc1=C1[Se]C=C[Se]1. The van der Waals surface area contributed by atoms with Crippen molar-refractivity contribution in [3.63, 3.8) is 0 Å². The third-order valence-electron chi connectivity index (χ3n) is 2.58. The fraction of sp³-hybridized carbons (Fsp3) is 0. The molecule has 0 atom stereocenters. The van der Waals surface area contributed by atoms with Gasteiger partial charge in [0.25, 0.3) is 0 Å². The monoisotopic (exact) mass is 530 g/mol. The Morgan fingerprint density at radius 1 is 0.950 bits per heavy atom. The maximum absolute atomic E-state index is 5.66. The molecule has 100 valence electrons. The zero-order valence-corrected chi connectivity index (χ0v) is 18.2. The van der Waals surface area contributed by atoms with Gasteiger partial charge in [0.05, 0.1) is 0 Å². The Kier molecular flexibility index (Phi) is 4.56. The Morgan fingerprint density at radius 3 is 2.25 bits per heavy atom. The molecule has 0 spiro atoms. The van der Waals surface area contributed by atoms with Crippen LogP contribution < -0.4 is 7.94 Å². The van der Waals surface area contributed by atoms with Crippen LogP contribution in [0.4, 0.5) is 0 Å². The summed E-state index contributed by atoms with van der Waals surface area (Å²) in [5.74, 6) is 0. The first-order chi connectivity index (χ1) is 9.81. The van der Waals surface area contributed by atoms with Crippen molar-refractivity contribution < 1.29 is 0 Å². The van der Waals surface area contributed by atoms with Gasteiger partial charge in [-0.3, -0.25) is 0 Å². The van der Waals surface area contributed by atoms with E-state index in [0.717, 1.165) is 0 Å². The summed E-state index contributed by atoms with van der Waals surface area (Å²) >= 11 is 13.0. The summed E-state index contributed by atoms with van der Waals surface area (Å²) in [7, 11) is 0. The van der Waals surface area contributed by atoms with E-state index in [0.29, 0.717) is 44.4 Å². The number of benzene rings is 1. The Labute approximate surface area is 152 Å². The minimum absolute atomic E-state index is 0.370. The predicted molar refractivity (Wildman–Crippen MR) is 97.0 cm³/mol. The van der Waals surface area contributed by atoms with Crippen molar-refractivity contribution in [2.24, 2.45) is 0 Å². The molecule has 3 heterocycles. The first kappa shape index (κ1) is 14.6. The molecule has 0 aliphatic carbocycles. The molecule has 1 aromatic carbocycles. The fourth-order valence-electron chi connectivity index (χ4n) is 1.73. The van der Waals surface area contributed by atoms with Crippen LogP contribution in [0.3, 0.4) is 0 Å². The van der Waals surface area contributed by atoms with Gasteiger partial charge in [0.1, 0.15) is 0 Å². The molecule has 0 nitrogen and oxygen atoms in total. The molecule has 0 amide bonds. The summed E-state index contributed by atoms with van der Waals surface area (Å²) in [6.07, 6.45) is 0. The van der Waals surface area contributed by atoms with Gasteiger partial charge < -0.3 is 0 Å². The molecular formula is C13H6S4Se3. The predicted octanol–water partition coefficient (Wildman–Crippen LogP) is 2.46.